The van der Waals surface area contributed by atoms with Gasteiger partial charge in [0.15, 0.2) is 0 Å². The lowest BCUT2D eigenvalue weighted by Crippen LogP contribution is -2.49. The van der Waals surface area contributed by atoms with Crippen LogP contribution in [0.1, 0.15) is 25.0 Å². The molecule has 0 radical (unpaired) electrons. The van der Waals surface area contributed by atoms with Crippen molar-refractivity contribution in [2.75, 3.05) is 14.1 Å². The average Bonchev–Trinajstić information content (AvgIpc) is 2.71. The first-order valence-electron chi connectivity index (χ1n) is 7.01. The summed E-state index contributed by atoms with van der Waals surface area (Å²) in [5.41, 5.74) is 2.80. The zero-order chi connectivity index (χ0) is 14.4. The third-order valence-corrected chi connectivity index (χ3v) is 6.49. The van der Waals surface area contributed by atoms with Gasteiger partial charge < -0.3 is 0 Å². The smallest absolute Gasteiger partial charge is 0.0649 e. The molecule has 0 saturated carbocycles. The van der Waals surface area contributed by atoms with Gasteiger partial charge in [-0.3, -0.25) is 4.90 Å². The van der Waals surface area contributed by atoms with Crippen molar-refractivity contribution in [1.82, 2.24) is 4.90 Å². The van der Waals surface area contributed by atoms with Crippen LogP contribution in [0.2, 0.25) is 0 Å². The van der Waals surface area contributed by atoms with Crippen molar-refractivity contribution in [2.45, 2.75) is 29.0 Å². The molecule has 0 saturated heterocycles. The molecule has 2 aromatic rings. The standard InChI is InChI=1S/C18H21NS/c1-17(19(3)4)15-12-8-9-13-16(15)20-18(17,2)14-10-6-5-7-11-14/h5-13H,1-4H3. The van der Waals surface area contributed by atoms with Gasteiger partial charge in [0, 0.05) is 4.90 Å². The Morgan fingerprint density at radius 3 is 2.10 bits per heavy atom. The molecule has 1 aliphatic heterocycles. The van der Waals surface area contributed by atoms with Crippen LogP contribution in [0.3, 0.4) is 0 Å². The lowest BCUT2D eigenvalue weighted by Gasteiger charge is -2.46. The number of hydrogen-bond donors (Lipinski definition) is 0. The quantitative estimate of drug-likeness (QED) is 0.799. The second kappa shape index (κ2) is 4.64. The van der Waals surface area contributed by atoms with E-state index in [4.69, 9.17) is 0 Å². The summed E-state index contributed by atoms with van der Waals surface area (Å²) in [6.07, 6.45) is 0. The molecule has 3 rings (SSSR count). The molecule has 0 amide bonds. The molecule has 0 aromatic heterocycles. The molecular formula is C18H21NS. The Kier molecular flexibility index (Phi) is 3.19. The number of rotatable bonds is 2. The normalized spacial score (nSPS) is 28.6. The van der Waals surface area contributed by atoms with Gasteiger partial charge in [0.1, 0.15) is 0 Å². The maximum Gasteiger partial charge on any atom is 0.0649 e. The number of thioether (sulfide) groups is 1. The zero-order valence-electron chi connectivity index (χ0n) is 12.6. The molecule has 1 nitrogen and oxygen atoms in total. The monoisotopic (exact) mass is 283 g/mol. The highest BCUT2D eigenvalue weighted by Crippen LogP contribution is 2.62. The van der Waals surface area contributed by atoms with Crippen LogP contribution in [0.15, 0.2) is 59.5 Å². The molecule has 0 bridgehead atoms. The molecule has 2 atom stereocenters. The van der Waals surface area contributed by atoms with Crippen LogP contribution < -0.4 is 0 Å². The number of benzene rings is 2. The van der Waals surface area contributed by atoms with E-state index in [2.05, 4.69) is 87.4 Å². The molecule has 0 aliphatic carbocycles. The van der Waals surface area contributed by atoms with Crippen LogP contribution in [-0.2, 0) is 10.3 Å². The predicted octanol–water partition coefficient (Wildman–Crippen LogP) is 4.48. The number of fused-ring (bicyclic) bond motifs is 1. The molecule has 104 valence electrons. The molecule has 1 heterocycles. The summed E-state index contributed by atoms with van der Waals surface area (Å²) in [5.74, 6) is 0. The summed E-state index contributed by atoms with van der Waals surface area (Å²) < 4.78 is 0.0153. The minimum Gasteiger partial charge on any atom is -0.298 e. The maximum absolute atomic E-state index is 2.37. The van der Waals surface area contributed by atoms with Gasteiger partial charge >= 0.3 is 0 Å². The Morgan fingerprint density at radius 2 is 1.45 bits per heavy atom. The van der Waals surface area contributed by atoms with Crippen molar-refractivity contribution in [3.8, 4) is 0 Å². The molecule has 0 fully saturated rings. The topological polar surface area (TPSA) is 3.24 Å². The molecule has 1 aliphatic rings. The lowest BCUT2D eigenvalue weighted by atomic mass is 9.75. The Labute approximate surface area is 126 Å². The van der Waals surface area contributed by atoms with Crippen molar-refractivity contribution in [2.24, 2.45) is 0 Å². The summed E-state index contributed by atoms with van der Waals surface area (Å²) in [6, 6.07) is 19.7. The summed E-state index contributed by atoms with van der Waals surface area (Å²) in [7, 11) is 4.37. The highest BCUT2D eigenvalue weighted by Gasteiger charge is 2.55. The van der Waals surface area contributed by atoms with E-state index in [1.165, 1.54) is 16.0 Å². The van der Waals surface area contributed by atoms with Crippen LogP contribution in [-0.4, -0.2) is 19.0 Å². The first-order valence-corrected chi connectivity index (χ1v) is 7.83. The minimum atomic E-state index is -0.0182. The summed E-state index contributed by atoms with van der Waals surface area (Å²) >= 11 is 1.99. The molecule has 2 unspecified atom stereocenters. The second-order valence-electron chi connectivity index (χ2n) is 5.96. The number of hydrogen-bond acceptors (Lipinski definition) is 2. The lowest BCUT2D eigenvalue weighted by molar-refractivity contribution is 0.128. The van der Waals surface area contributed by atoms with E-state index in [-0.39, 0.29) is 10.3 Å². The number of nitrogens with zero attached hydrogens (tertiary/aromatic N) is 1. The summed E-state index contributed by atoms with van der Waals surface area (Å²) in [5, 5.41) is 0. The summed E-state index contributed by atoms with van der Waals surface area (Å²) in [6.45, 7) is 4.73. The van der Waals surface area contributed by atoms with Crippen LogP contribution in [0.4, 0.5) is 0 Å². The van der Waals surface area contributed by atoms with Gasteiger partial charge in [-0.05, 0) is 45.1 Å². The van der Waals surface area contributed by atoms with E-state index in [0.717, 1.165) is 0 Å². The van der Waals surface area contributed by atoms with Crippen LogP contribution >= 0.6 is 11.8 Å². The van der Waals surface area contributed by atoms with Crippen LogP contribution in [0.25, 0.3) is 0 Å². The molecule has 0 N–H and O–H groups in total. The van der Waals surface area contributed by atoms with E-state index in [9.17, 15) is 0 Å². The first kappa shape index (κ1) is 13.7. The van der Waals surface area contributed by atoms with Gasteiger partial charge in [0.2, 0.25) is 0 Å². The number of likely N-dealkylation sites (N-methyl/N-ethyl adjacent to an activating group) is 1. The van der Waals surface area contributed by atoms with Gasteiger partial charge in [0.05, 0.1) is 10.3 Å². The first-order chi connectivity index (χ1) is 9.50. The fourth-order valence-corrected chi connectivity index (χ4v) is 5.01. The van der Waals surface area contributed by atoms with Crippen molar-refractivity contribution < 1.29 is 0 Å². The van der Waals surface area contributed by atoms with E-state index < -0.39 is 0 Å². The Bertz CT molecular complexity index is 622. The third-order valence-electron chi connectivity index (χ3n) is 4.87. The van der Waals surface area contributed by atoms with E-state index in [1.807, 2.05) is 11.8 Å². The average molecular weight is 283 g/mol. The Morgan fingerprint density at radius 1 is 0.850 bits per heavy atom. The van der Waals surface area contributed by atoms with Gasteiger partial charge in [-0.25, -0.2) is 0 Å². The predicted molar refractivity (Wildman–Crippen MR) is 87.1 cm³/mol. The third kappa shape index (κ3) is 1.68. The van der Waals surface area contributed by atoms with E-state index in [1.54, 1.807) is 0 Å². The maximum atomic E-state index is 2.37. The van der Waals surface area contributed by atoms with Crippen molar-refractivity contribution in [3.63, 3.8) is 0 Å². The van der Waals surface area contributed by atoms with Gasteiger partial charge in [-0.1, -0.05) is 48.5 Å². The second-order valence-corrected chi connectivity index (χ2v) is 7.42. The highest BCUT2D eigenvalue weighted by atomic mass is 32.2. The molecule has 20 heavy (non-hydrogen) atoms. The molecule has 2 aromatic carbocycles. The fraction of sp³-hybridized carbons (Fsp3) is 0.333. The van der Waals surface area contributed by atoms with Crippen LogP contribution in [0.5, 0.6) is 0 Å². The van der Waals surface area contributed by atoms with Crippen LogP contribution in [0, 0.1) is 0 Å². The molecule has 2 heteroatoms. The van der Waals surface area contributed by atoms with E-state index in [0.29, 0.717) is 0 Å². The van der Waals surface area contributed by atoms with E-state index >= 15 is 0 Å². The minimum absolute atomic E-state index is 0.0153. The Balaban J connectivity index is 2.24. The van der Waals surface area contributed by atoms with Crippen molar-refractivity contribution in [3.05, 3.63) is 65.7 Å². The van der Waals surface area contributed by atoms with Crippen molar-refractivity contribution >= 4 is 11.8 Å². The largest absolute Gasteiger partial charge is 0.298 e. The molecule has 0 spiro atoms. The summed E-state index contributed by atoms with van der Waals surface area (Å²) in [4.78, 5) is 3.76. The van der Waals surface area contributed by atoms with Gasteiger partial charge in [-0.15, -0.1) is 11.8 Å². The Hall–Kier alpha value is -1.25. The molecular weight excluding hydrogens is 262 g/mol. The highest BCUT2D eigenvalue weighted by molar-refractivity contribution is 8.00. The fourth-order valence-electron chi connectivity index (χ4n) is 3.30. The zero-order valence-corrected chi connectivity index (χ0v) is 13.4. The SMILES string of the molecule is CN(C)C1(C)c2ccccc2SC1(C)c1ccccc1. The van der Waals surface area contributed by atoms with Gasteiger partial charge in [0.25, 0.3) is 0 Å². The van der Waals surface area contributed by atoms with Crippen molar-refractivity contribution in [1.29, 1.82) is 0 Å². The van der Waals surface area contributed by atoms with Gasteiger partial charge in [-0.2, -0.15) is 0 Å².